The Kier molecular flexibility index (Phi) is 8.22. The third kappa shape index (κ3) is 5.98. The number of nitrogens with zero attached hydrogens (tertiary/aromatic N) is 3. The predicted molar refractivity (Wildman–Crippen MR) is 150 cm³/mol. The highest BCUT2D eigenvalue weighted by Gasteiger charge is 2.58. The summed E-state index contributed by atoms with van der Waals surface area (Å²) in [6, 6.07) is 10.1. The van der Waals surface area contributed by atoms with Crippen molar-refractivity contribution in [1.82, 2.24) is 25.2 Å². The van der Waals surface area contributed by atoms with Crippen LogP contribution < -0.4 is 5.32 Å². The van der Waals surface area contributed by atoms with Crippen LogP contribution in [0, 0.1) is 11.3 Å². The Morgan fingerprint density at radius 3 is 2.76 bits per heavy atom. The number of H-pyrrole nitrogens is 1. The number of fused-ring (bicyclic) bond motifs is 1. The molecular weight excluding hydrogens is 474 g/mol. The second kappa shape index (κ2) is 11.8. The Morgan fingerprint density at radius 1 is 1.13 bits per heavy atom. The minimum Gasteiger partial charge on any atom is -0.346 e. The van der Waals surface area contributed by atoms with E-state index in [1.54, 1.807) is 6.20 Å². The number of rotatable bonds is 12. The van der Waals surface area contributed by atoms with Gasteiger partial charge in [0.05, 0.1) is 23.4 Å². The zero-order valence-corrected chi connectivity index (χ0v) is 22.8. The van der Waals surface area contributed by atoms with Crippen LogP contribution in [0.15, 0.2) is 42.7 Å². The van der Waals surface area contributed by atoms with Gasteiger partial charge in [-0.15, -0.1) is 0 Å². The van der Waals surface area contributed by atoms with Gasteiger partial charge in [-0.2, -0.15) is 0 Å². The van der Waals surface area contributed by atoms with Gasteiger partial charge in [-0.05, 0) is 69.3 Å². The fraction of sp³-hybridized carbons (Fsp3) is 0.548. The van der Waals surface area contributed by atoms with Crippen LogP contribution in [0.5, 0.6) is 0 Å². The highest BCUT2D eigenvalue weighted by molar-refractivity contribution is 5.84. The SMILES string of the molecule is CCC(=O)CCCCC[C@H](NC(=O)[C@H]1CC12CCN(CC)CC2)c1ncc(-c2ccc3cccnc3c2)[nH]1. The molecule has 0 radical (unpaired) electrons. The molecule has 1 aliphatic carbocycles. The first kappa shape index (κ1) is 26.5. The molecular formula is C31H41N5O2. The summed E-state index contributed by atoms with van der Waals surface area (Å²) in [6.07, 6.45) is 11.8. The number of likely N-dealkylation sites (tertiary alicyclic amines) is 1. The molecule has 2 aliphatic rings. The third-order valence-corrected chi connectivity index (χ3v) is 8.81. The van der Waals surface area contributed by atoms with Crippen molar-refractivity contribution in [3.05, 3.63) is 48.5 Å². The van der Waals surface area contributed by atoms with E-state index in [9.17, 15) is 9.59 Å². The number of piperidine rings is 1. The molecule has 7 nitrogen and oxygen atoms in total. The number of aromatic nitrogens is 3. The van der Waals surface area contributed by atoms with Crippen molar-refractivity contribution in [1.29, 1.82) is 0 Å². The minimum absolute atomic E-state index is 0.118. The molecule has 1 amide bonds. The molecule has 3 heterocycles. The van der Waals surface area contributed by atoms with Gasteiger partial charge in [-0.1, -0.05) is 44.9 Å². The number of ketones is 1. The maximum atomic E-state index is 13.4. The lowest BCUT2D eigenvalue weighted by atomic mass is 9.90. The van der Waals surface area contributed by atoms with Crippen LogP contribution in [0.2, 0.25) is 0 Å². The maximum absolute atomic E-state index is 13.4. The van der Waals surface area contributed by atoms with Crippen molar-refractivity contribution in [3.63, 3.8) is 0 Å². The molecule has 2 aromatic heterocycles. The smallest absolute Gasteiger partial charge is 0.224 e. The van der Waals surface area contributed by atoms with Gasteiger partial charge in [0.25, 0.3) is 0 Å². The first-order valence-electron chi connectivity index (χ1n) is 14.5. The second-order valence-electron chi connectivity index (χ2n) is 11.2. The summed E-state index contributed by atoms with van der Waals surface area (Å²) in [6.45, 7) is 7.42. The van der Waals surface area contributed by atoms with Gasteiger partial charge in [0.2, 0.25) is 5.91 Å². The van der Waals surface area contributed by atoms with Gasteiger partial charge in [0.1, 0.15) is 11.6 Å². The van der Waals surface area contributed by atoms with E-state index < -0.39 is 0 Å². The van der Waals surface area contributed by atoms with Crippen molar-refractivity contribution in [2.45, 2.75) is 77.7 Å². The predicted octanol–water partition coefficient (Wildman–Crippen LogP) is 5.83. The lowest BCUT2D eigenvalue weighted by Crippen LogP contribution is -2.37. The van der Waals surface area contributed by atoms with Crippen LogP contribution >= 0.6 is 0 Å². The van der Waals surface area contributed by atoms with E-state index >= 15 is 0 Å². The van der Waals surface area contributed by atoms with Crippen molar-refractivity contribution in [3.8, 4) is 11.3 Å². The number of benzene rings is 1. The Hall–Kier alpha value is -3.06. The maximum Gasteiger partial charge on any atom is 0.224 e. The normalized spacial score (nSPS) is 19.5. The van der Waals surface area contributed by atoms with Crippen LogP contribution in [-0.2, 0) is 9.59 Å². The Balaban J connectivity index is 1.26. The van der Waals surface area contributed by atoms with Crippen molar-refractivity contribution < 1.29 is 9.59 Å². The van der Waals surface area contributed by atoms with Gasteiger partial charge in [-0.25, -0.2) is 4.98 Å². The Morgan fingerprint density at radius 2 is 1.97 bits per heavy atom. The van der Waals surface area contributed by atoms with Crippen molar-refractivity contribution in [2.24, 2.45) is 11.3 Å². The summed E-state index contributed by atoms with van der Waals surface area (Å²) in [5.41, 5.74) is 3.10. The number of aromatic amines is 1. The van der Waals surface area contributed by atoms with E-state index in [-0.39, 0.29) is 23.3 Å². The van der Waals surface area contributed by atoms with E-state index in [4.69, 9.17) is 4.98 Å². The average molecular weight is 516 g/mol. The van der Waals surface area contributed by atoms with Gasteiger partial charge in [0, 0.05) is 35.9 Å². The molecule has 1 saturated carbocycles. The number of hydrogen-bond acceptors (Lipinski definition) is 5. The molecule has 7 heteroatoms. The standard InChI is InChI=1S/C31H41N5O2/c1-3-24(37)10-6-5-7-11-26(35-30(38)25-20-31(25)14-17-36(4-2)18-15-31)29-33-21-28(34-29)23-13-12-22-9-8-16-32-27(22)19-23/h8-9,12-13,16,19,21,25-26H,3-7,10-11,14-15,17-18,20H2,1-2H3,(H,33,34)(H,35,38)/t25-,26+/m1/s1. The largest absolute Gasteiger partial charge is 0.346 e. The second-order valence-corrected chi connectivity index (χ2v) is 11.2. The van der Waals surface area contributed by atoms with Gasteiger partial charge in [-0.3, -0.25) is 14.6 Å². The number of pyridine rings is 1. The Labute approximate surface area is 225 Å². The molecule has 1 aliphatic heterocycles. The fourth-order valence-electron chi connectivity index (χ4n) is 6.05. The van der Waals surface area contributed by atoms with Crippen LogP contribution in [0.3, 0.4) is 0 Å². The number of hydrogen-bond donors (Lipinski definition) is 2. The van der Waals surface area contributed by atoms with E-state index in [0.717, 1.165) is 92.6 Å². The first-order chi connectivity index (χ1) is 18.5. The topological polar surface area (TPSA) is 91.0 Å². The van der Waals surface area contributed by atoms with Crippen molar-refractivity contribution >= 4 is 22.6 Å². The first-order valence-corrected chi connectivity index (χ1v) is 14.5. The highest BCUT2D eigenvalue weighted by Crippen LogP contribution is 2.59. The van der Waals surface area contributed by atoms with Crippen LogP contribution in [-0.4, -0.2) is 51.2 Å². The fourth-order valence-corrected chi connectivity index (χ4v) is 6.05. The molecule has 1 saturated heterocycles. The van der Waals surface area contributed by atoms with Crippen LogP contribution in [0.4, 0.5) is 0 Å². The molecule has 2 N–H and O–H groups in total. The zero-order chi connectivity index (χ0) is 26.5. The quantitative estimate of drug-likeness (QED) is 0.296. The van der Waals surface area contributed by atoms with E-state index in [0.29, 0.717) is 18.6 Å². The number of carbonyl (C=O) groups is 2. The number of nitrogens with one attached hydrogen (secondary N) is 2. The summed E-state index contributed by atoms with van der Waals surface area (Å²) in [5, 5.41) is 4.47. The molecule has 2 fully saturated rings. The van der Waals surface area contributed by atoms with Gasteiger partial charge >= 0.3 is 0 Å². The lowest BCUT2D eigenvalue weighted by molar-refractivity contribution is -0.124. The summed E-state index contributed by atoms with van der Waals surface area (Å²) >= 11 is 0. The molecule has 1 spiro atoms. The number of unbranched alkanes of at least 4 members (excludes halogenated alkanes) is 2. The minimum atomic E-state index is -0.162. The molecule has 202 valence electrons. The molecule has 1 aromatic carbocycles. The third-order valence-electron chi connectivity index (χ3n) is 8.81. The molecule has 38 heavy (non-hydrogen) atoms. The molecule has 5 rings (SSSR count). The average Bonchev–Trinajstić information content (AvgIpc) is 3.42. The lowest BCUT2D eigenvalue weighted by Gasteiger charge is -2.32. The zero-order valence-electron chi connectivity index (χ0n) is 22.8. The number of imidazole rings is 1. The number of Topliss-reactive ketones (excluding diaryl/α,β-unsaturated/α-hetero) is 1. The van der Waals surface area contributed by atoms with Crippen molar-refractivity contribution in [2.75, 3.05) is 19.6 Å². The van der Waals surface area contributed by atoms with Crippen LogP contribution in [0.1, 0.15) is 83.5 Å². The summed E-state index contributed by atoms with van der Waals surface area (Å²) in [4.78, 5) is 40.3. The highest BCUT2D eigenvalue weighted by atomic mass is 16.2. The van der Waals surface area contributed by atoms with E-state index in [1.165, 1.54) is 0 Å². The number of carbonyl (C=O) groups excluding carboxylic acids is 2. The molecule has 0 unspecified atom stereocenters. The van der Waals surface area contributed by atoms with Gasteiger partial charge < -0.3 is 15.2 Å². The van der Waals surface area contributed by atoms with Gasteiger partial charge in [0.15, 0.2) is 0 Å². The summed E-state index contributed by atoms with van der Waals surface area (Å²) < 4.78 is 0. The van der Waals surface area contributed by atoms with E-state index in [1.807, 2.05) is 19.2 Å². The Bertz CT molecular complexity index is 1260. The molecule has 2 atom stereocenters. The summed E-state index contributed by atoms with van der Waals surface area (Å²) in [5.74, 6) is 1.42. The number of amides is 1. The monoisotopic (exact) mass is 515 g/mol. The molecule has 0 bridgehead atoms. The van der Waals surface area contributed by atoms with E-state index in [2.05, 4.69) is 51.4 Å². The molecule has 3 aromatic rings. The summed E-state index contributed by atoms with van der Waals surface area (Å²) in [7, 11) is 0. The van der Waals surface area contributed by atoms with Crippen LogP contribution in [0.25, 0.3) is 22.2 Å².